The summed E-state index contributed by atoms with van der Waals surface area (Å²) >= 11 is 6.77. The standard InChI is InChI=1S/C17H24N2O5S2.Na/c1-8-12-11(9(2)20)15(22)19(12)13(16(23)24)14(8)26-17(25)18-6-3-4-10(21)5-7-18;/h8-12,20-21H,3-7H2,1-2H3,(H,23,24);/t8-,9-,10?,11-,12-;/m1./s1. The van der Waals surface area contributed by atoms with E-state index in [1.807, 2.05) is 11.8 Å². The van der Waals surface area contributed by atoms with Gasteiger partial charge in [-0.3, -0.25) is 4.79 Å². The zero-order valence-electron chi connectivity index (χ0n) is 15.8. The number of carboxylic acids is 1. The summed E-state index contributed by atoms with van der Waals surface area (Å²) in [7, 11) is 0. The van der Waals surface area contributed by atoms with Crippen molar-refractivity contribution < 1.29 is 24.9 Å². The molecule has 27 heavy (non-hydrogen) atoms. The van der Waals surface area contributed by atoms with Crippen molar-refractivity contribution in [3.8, 4) is 0 Å². The summed E-state index contributed by atoms with van der Waals surface area (Å²) in [5.41, 5.74) is -0.00777. The summed E-state index contributed by atoms with van der Waals surface area (Å²) in [5, 5.41) is 29.3. The summed E-state index contributed by atoms with van der Waals surface area (Å²) in [6.07, 6.45) is 1.07. The molecule has 1 radical (unpaired) electrons. The van der Waals surface area contributed by atoms with Crippen LogP contribution in [0.3, 0.4) is 0 Å². The topological polar surface area (TPSA) is 101 Å². The van der Waals surface area contributed by atoms with Gasteiger partial charge in [-0.1, -0.05) is 30.9 Å². The van der Waals surface area contributed by atoms with Crippen molar-refractivity contribution in [1.82, 2.24) is 9.80 Å². The summed E-state index contributed by atoms with van der Waals surface area (Å²) in [6.45, 7) is 4.81. The molecule has 7 nitrogen and oxygen atoms in total. The Labute approximate surface area is 190 Å². The number of nitrogens with zero attached hydrogens (tertiary/aromatic N) is 2. The first-order chi connectivity index (χ1) is 12.2. The summed E-state index contributed by atoms with van der Waals surface area (Å²) < 4.78 is 0.572. The molecule has 5 atom stereocenters. The number of rotatable bonds is 3. The predicted molar refractivity (Wildman–Crippen MR) is 107 cm³/mol. The van der Waals surface area contributed by atoms with Crippen LogP contribution in [0.4, 0.5) is 0 Å². The number of thiocarbonyl (C=S) groups is 1. The van der Waals surface area contributed by atoms with E-state index in [-0.39, 0.29) is 59.2 Å². The molecule has 1 amide bonds. The van der Waals surface area contributed by atoms with E-state index in [9.17, 15) is 24.9 Å². The van der Waals surface area contributed by atoms with Gasteiger partial charge in [0.05, 0.1) is 24.2 Å². The molecule has 0 spiro atoms. The number of aliphatic hydroxyl groups is 2. The maximum absolute atomic E-state index is 12.3. The molecule has 1 unspecified atom stereocenters. The van der Waals surface area contributed by atoms with Crippen molar-refractivity contribution in [2.24, 2.45) is 11.8 Å². The number of thioether (sulfide) groups is 1. The van der Waals surface area contributed by atoms with E-state index >= 15 is 0 Å². The molecule has 145 valence electrons. The van der Waals surface area contributed by atoms with Crippen LogP contribution in [0.15, 0.2) is 10.6 Å². The van der Waals surface area contributed by atoms with Gasteiger partial charge >= 0.3 is 5.97 Å². The molecule has 2 fully saturated rings. The second-order valence-electron chi connectivity index (χ2n) is 7.21. The van der Waals surface area contributed by atoms with E-state index in [1.54, 1.807) is 6.92 Å². The van der Waals surface area contributed by atoms with Gasteiger partial charge in [-0.25, -0.2) is 4.79 Å². The summed E-state index contributed by atoms with van der Waals surface area (Å²) in [6, 6.07) is -0.329. The maximum atomic E-state index is 12.3. The Balaban J connectivity index is 0.00000261. The van der Waals surface area contributed by atoms with Crippen molar-refractivity contribution in [3.05, 3.63) is 10.6 Å². The third-order valence-electron chi connectivity index (χ3n) is 5.46. The van der Waals surface area contributed by atoms with Gasteiger partial charge in [0, 0.05) is 53.5 Å². The molecule has 0 aromatic heterocycles. The number of amides is 1. The van der Waals surface area contributed by atoms with Crippen LogP contribution < -0.4 is 0 Å². The van der Waals surface area contributed by atoms with Crippen molar-refractivity contribution in [3.63, 3.8) is 0 Å². The van der Waals surface area contributed by atoms with E-state index in [1.165, 1.54) is 16.7 Å². The number of hydrogen-bond acceptors (Lipinski definition) is 6. The van der Waals surface area contributed by atoms with Crippen LogP contribution >= 0.6 is 24.0 Å². The fourth-order valence-corrected chi connectivity index (χ4v) is 5.64. The van der Waals surface area contributed by atoms with E-state index in [0.717, 1.165) is 19.4 Å². The molecule has 2 saturated heterocycles. The summed E-state index contributed by atoms with van der Waals surface area (Å²) in [4.78, 5) is 28.0. The minimum atomic E-state index is -1.15. The number of likely N-dealkylation sites (tertiary alicyclic amines) is 1. The molecule has 3 N–H and O–H groups in total. The number of fused-ring (bicyclic) bond motifs is 1. The molecule has 0 aromatic rings. The largest absolute Gasteiger partial charge is 0.477 e. The molecule has 0 saturated carbocycles. The maximum Gasteiger partial charge on any atom is 0.353 e. The fraction of sp³-hybridized carbons (Fsp3) is 0.706. The molecule has 3 rings (SSSR count). The Morgan fingerprint density at radius 1 is 1.33 bits per heavy atom. The molecule has 10 heteroatoms. The van der Waals surface area contributed by atoms with Crippen LogP contribution in [0.2, 0.25) is 0 Å². The van der Waals surface area contributed by atoms with E-state index in [4.69, 9.17) is 12.2 Å². The molecular weight excluding hydrogens is 399 g/mol. The van der Waals surface area contributed by atoms with Crippen LogP contribution in [-0.2, 0) is 9.59 Å². The Hall–Kier alpha value is -0.160. The van der Waals surface area contributed by atoms with Gasteiger partial charge in [-0.2, -0.15) is 0 Å². The molecule has 3 heterocycles. The number of hydrogen-bond donors (Lipinski definition) is 3. The summed E-state index contributed by atoms with van der Waals surface area (Å²) in [5.74, 6) is -2.25. The monoisotopic (exact) mass is 423 g/mol. The predicted octanol–water partition coefficient (Wildman–Crippen LogP) is 0.624. The number of carbonyl (C=O) groups excluding carboxylic acids is 1. The Morgan fingerprint density at radius 3 is 2.59 bits per heavy atom. The number of aliphatic carboxylic acids is 1. The number of carbonyl (C=O) groups is 2. The SMILES string of the molecule is C[C@@H](O)[C@H]1C(=O)N2C(C(=O)O)=C(SC(=S)N3CCCC(O)CC3)[C@H](C)[C@H]12.[Na]. The molecule has 0 aromatic carbocycles. The first kappa shape index (κ1) is 23.1. The quantitative estimate of drug-likeness (QED) is 0.345. The minimum Gasteiger partial charge on any atom is -0.477 e. The minimum absolute atomic E-state index is 0. The van der Waals surface area contributed by atoms with Gasteiger partial charge in [0.15, 0.2) is 0 Å². The average Bonchev–Trinajstić information content (AvgIpc) is 2.69. The molecule has 3 aliphatic heterocycles. The van der Waals surface area contributed by atoms with Crippen LogP contribution in [0, 0.1) is 11.8 Å². The van der Waals surface area contributed by atoms with Crippen molar-refractivity contribution >= 4 is 69.7 Å². The Bertz CT molecular complexity index is 672. The zero-order valence-corrected chi connectivity index (χ0v) is 19.4. The Kier molecular flexibility index (Phi) is 7.80. The zero-order chi connectivity index (χ0) is 19.2. The average molecular weight is 424 g/mol. The van der Waals surface area contributed by atoms with Gasteiger partial charge in [-0.15, -0.1) is 0 Å². The van der Waals surface area contributed by atoms with Crippen LogP contribution in [0.1, 0.15) is 33.1 Å². The van der Waals surface area contributed by atoms with E-state index < -0.39 is 18.0 Å². The van der Waals surface area contributed by atoms with Crippen LogP contribution in [-0.4, -0.2) is 102 Å². The fourth-order valence-electron chi connectivity index (χ4n) is 4.08. The first-order valence-electron chi connectivity index (χ1n) is 8.87. The third-order valence-corrected chi connectivity index (χ3v) is 7.19. The van der Waals surface area contributed by atoms with Gasteiger partial charge in [0.2, 0.25) is 5.91 Å². The van der Waals surface area contributed by atoms with Gasteiger partial charge in [0.25, 0.3) is 0 Å². The Morgan fingerprint density at radius 2 is 2.00 bits per heavy atom. The van der Waals surface area contributed by atoms with Crippen molar-refractivity contribution in [2.45, 2.75) is 51.4 Å². The van der Waals surface area contributed by atoms with E-state index in [0.29, 0.717) is 22.2 Å². The third kappa shape index (κ3) is 4.24. The smallest absolute Gasteiger partial charge is 0.353 e. The molecular formula is C17H24N2NaO5S2. The van der Waals surface area contributed by atoms with Crippen LogP contribution in [0.5, 0.6) is 0 Å². The van der Waals surface area contributed by atoms with E-state index in [2.05, 4.69) is 0 Å². The molecule has 0 aliphatic carbocycles. The van der Waals surface area contributed by atoms with Crippen LogP contribution in [0.25, 0.3) is 0 Å². The number of carboxylic acid groups (broad SMARTS) is 1. The number of aliphatic hydroxyl groups excluding tert-OH is 2. The molecule has 0 bridgehead atoms. The van der Waals surface area contributed by atoms with Gasteiger partial charge in [-0.05, 0) is 26.2 Å². The van der Waals surface area contributed by atoms with Crippen molar-refractivity contribution in [2.75, 3.05) is 13.1 Å². The first-order valence-corrected chi connectivity index (χ1v) is 10.1. The normalized spacial score (nSPS) is 31.6. The second-order valence-corrected chi connectivity index (χ2v) is 8.89. The van der Waals surface area contributed by atoms with Gasteiger partial charge in [0.1, 0.15) is 10.0 Å². The van der Waals surface area contributed by atoms with Gasteiger partial charge < -0.3 is 25.1 Å². The second kappa shape index (κ2) is 9.11. The number of β-lactam (4-membered cyclic amide) rings is 1. The van der Waals surface area contributed by atoms with Crippen molar-refractivity contribution in [1.29, 1.82) is 0 Å². The molecule has 3 aliphatic rings.